The second-order valence-electron chi connectivity index (χ2n) is 3.46. The molecule has 0 heterocycles. The van der Waals surface area contributed by atoms with Crippen molar-refractivity contribution in [3.63, 3.8) is 0 Å². The van der Waals surface area contributed by atoms with E-state index in [1.807, 2.05) is 0 Å². The summed E-state index contributed by atoms with van der Waals surface area (Å²) in [6.45, 7) is 12.2. The van der Waals surface area contributed by atoms with E-state index in [1.165, 1.54) is 43.5 Å². The Balaban J connectivity index is 3.95. The predicted octanol–water partition coefficient (Wildman–Crippen LogP) is 3.04. The van der Waals surface area contributed by atoms with Crippen LogP contribution in [0.3, 0.4) is 0 Å². The highest BCUT2D eigenvalue weighted by atomic mass is 79.9. The zero-order valence-corrected chi connectivity index (χ0v) is 10.4. The SMILES string of the molecule is CCC[N+](CC)(CC)CCCBr. The van der Waals surface area contributed by atoms with Gasteiger partial charge >= 0.3 is 0 Å². The van der Waals surface area contributed by atoms with Crippen LogP contribution in [0.15, 0.2) is 0 Å². The van der Waals surface area contributed by atoms with Crippen molar-refractivity contribution in [1.29, 1.82) is 0 Å². The molecule has 74 valence electrons. The van der Waals surface area contributed by atoms with E-state index in [4.69, 9.17) is 0 Å². The molecule has 0 aromatic carbocycles. The van der Waals surface area contributed by atoms with E-state index in [2.05, 4.69) is 36.7 Å². The van der Waals surface area contributed by atoms with Crippen LogP contribution in [0.2, 0.25) is 0 Å². The first kappa shape index (κ1) is 12.4. The summed E-state index contributed by atoms with van der Waals surface area (Å²) in [6, 6.07) is 0. The number of alkyl halides is 1. The van der Waals surface area contributed by atoms with Gasteiger partial charge in [0.2, 0.25) is 0 Å². The van der Waals surface area contributed by atoms with Gasteiger partial charge in [0.15, 0.2) is 0 Å². The third kappa shape index (κ3) is 3.90. The first-order valence-electron chi connectivity index (χ1n) is 5.15. The molecule has 0 aromatic rings. The Hall–Kier alpha value is 0.440. The monoisotopic (exact) mass is 236 g/mol. The highest BCUT2D eigenvalue weighted by molar-refractivity contribution is 9.09. The molecule has 0 spiro atoms. The van der Waals surface area contributed by atoms with Gasteiger partial charge in [-0.05, 0) is 20.3 Å². The van der Waals surface area contributed by atoms with Crippen LogP contribution in [-0.2, 0) is 0 Å². The molecule has 0 saturated heterocycles. The maximum atomic E-state index is 3.50. The van der Waals surface area contributed by atoms with Crippen LogP contribution >= 0.6 is 15.9 Å². The normalized spacial score (nSPS) is 12.0. The summed E-state index contributed by atoms with van der Waals surface area (Å²) in [4.78, 5) is 0. The molecule has 0 unspecified atom stereocenters. The van der Waals surface area contributed by atoms with Crippen molar-refractivity contribution in [2.24, 2.45) is 0 Å². The lowest BCUT2D eigenvalue weighted by atomic mass is 10.2. The molecule has 0 bridgehead atoms. The second-order valence-corrected chi connectivity index (χ2v) is 4.26. The lowest BCUT2D eigenvalue weighted by Crippen LogP contribution is -2.49. The molecule has 0 amide bonds. The molecule has 0 radical (unpaired) electrons. The van der Waals surface area contributed by atoms with Crippen molar-refractivity contribution < 1.29 is 4.48 Å². The number of nitrogens with zero attached hydrogens (tertiary/aromatic N) is 1. The number of hydrogen-bond donors (Lipinski definition) is 0. The van der Waals surface area contributed by atoms with Gasteiger partial charge in [-0.1, -0.05) is 22.9 Å². The minimum atomic E-state index is 1.15. The Morgan fingerprint density at radius 3 is 1.92 bits per heavy atom. The minimum Gasteiger partial charge on any atom is -0.324 e. The van der Waals surface area contributed by atoms with Gasteiger partial charge in [-0.25, -0.2) is 0 Å². The summed E-state index contributed by atoms with van der Waals surface area (Å²) < 4.78 is 1.31. The van der Waals surface area contributed by atoms with Crippen LogP contribution in [-0.4, -0.2) is 36.0 Å². The van der Waals surface area contributed by atoms with Gasteiger partial charge in [0.05, 0.1) is 26.2 Å². The molecule has 0 rings (SSSR count). The fraction of sp³-hybridized carbons (Fsp3) is 1.00. The molecule has 0 aliphatic carbocycles. The van der Waals surface area contributed by atoms with Crippen molar-refractivity contribution >= 4 is 15.9 Å². The fourth-order valence-corrected chi connectivity index (χ4v) is 2.09. The van der Waals surface area contributed by atoms with Crippen molar-refractivity contribution in [1.82, 2.24) is 0 Å². The van der Waals surface area contributed by atoms with Crippen LogP contribution in [0.4, 0.5) is 0 Å². The van der Waals surface area contributed by atoms with Gasteiger partial charge in [0.1, 0.15) is 0 Å². The van der Waals surface area contributed by atoms with Gasteiger partial charge in [-0.15, -0.1) is 0 Å². The summed E-state index contributed by atoms with van der Waals surface area (Å²) in [5.74, 6) is 0. The Labute approximate surface area is 85.9 Å². The van der Waals surface area contributed by atoms with Crippen molar-refractivity contribution in [2.75, 3.05) is 31.5 Å². The minimum absolute atomic E-state index is 1.15. The lowest BCUT2D eigenvalue weighted by molar-refractivity contribution is -0.924. The summed E-state index contributed by atoms with van der Waals surface area (Å²) in [7, 11) is 0. The average molecular weight is 237 g/mol. The Morgan fingerprint density at radius 1 is 1.00 bits per heavy atom. The van der Waals surface area contributed by atoms with E-state index in [0.29, 0.717) is 0 Å². The molecule has 0 atom stereocenters. The summed E-state index contributed by atoms with van der Waals surface area (Å²) in [6.07, 6.45) is 2.62. The van der Waals surface area contributed by atoms with Gasteiger partial charge in [-0.2, -0.15) is 0 Å². The predicted molar refractivity (Wildman–Crippen MR) is 59.8 cm³/mol. The Kier molecular flexibility index (Phi) is 7.16. The largest absolute Gasteiger partial charge is 0.324 e. The quantitative estimate of drug-likeness (QED) is 0.471. The van der Waals surface area contributed by atoms with E-state index < -0.39 is 0 Å². The van der Waals surface area contributed by atoms with Crippen LogP contribution in [0, 0.1) is 0 Å². The van der Waals surface area contributed by atoms with Gasteiger partial charge in [0, 0.05) is 11.8 Å². The molecule has 0 aliphatic heterocycles. The van der Waals surface area contributed by atoms with E-state index >= 15 is 0 Å². The van der Waals surface area contributed by atoms with Crippen LogP contribution in [0.25, 0.3) is 0 Å². The molecular formula is C10H23BrN+. The maximum absolute atomic E-state index is 3.50. The fourth-order valence-electron chi connectivity index (χ4n) is 1.84. The Morgan fingerprint density at radius 2 is 1.58 bits per heavy atom. The molecule has 0 aromatic heterocycles. The smallest absolute Gasteiger partial charge is 0.0794 e. The second kappa shape index (κ2) is 6.90. The molecule has 2 heteroatoms. The zero-order valence-electron chi connectivity index (χ0n) is 8.77. The van der Waals surface area contributed by atoms with Gasteiger partial charge < -0.3 is 4.48 Å². The lowest BCUT2D eigenvalue weighted by Gasteiger charge is -2.36. The average Bonchev–Trinajstić information content (AvgIpc) is 2.13. The van der Waals surface area contributed by atoms with E-state index in [9.17, 15) is 0 Å². The van der Waals surface area contributed by atoms with Gasteiger partial charge in [-0.3, -0.25) is 0 Å². The van der Waals surface area contributed by atoms with Crippen LogP contribution in [0.1, 0.15) is 33.6 Å². The molecule has 0 saturated carbocycles. The number of quaternary nitrogens is 1. The molecule has 12 heavy (non-hydrogen) atoms. The zero-order chi connectivity index (χ0) is 9.45. The van der Waals surface area contributed by atoms with Crippen molar-refractivity contribution in [3.05, 3.63) is 0 Å². The summed E-state index contributed by atoms with van der Waals surface area (Å²) >= 11 is 3.50. The number of rotatable bonds is 7. The molecule has 0 N–H and O–H groups in total. The van der Waals surface area contributed by atoms with Crippen molar-refractivity contribution in [2.45, 2.75) is 33.6 Å². The Bertz CT molecular complexity index is 100. The van der Waals surface area contributed by atoms with Crippen LogP contribution in [0.5, 0.6) is 0 Å². The van der Waals surface area contributed by atoms with E-state index in [-0.39, 0.29) is 0 Å². The third-order valence-electron chi connectivity index (χ3n) is 2.81. The van der Waals surface area contributed by atoms with Crippen LogP contribution < -0.4 is 0 Å². The molecular weight excluding hydrogens is 214 g/mol. The third-order valence-corrected chi connectivity index (χ3v) is 3.37. The highest BCUT2D eigenvalue weighted by Gasteiger charge is 2.20. The first-order chi connectivity index (χ1) is 5.74. The van der Waals surface area contributed by atoms with Gasteiger partial charge in [0.25, 0.3) is 0 Å². The standard InChI is InChI=1S/C10H23BrN/c1-4-9-12(5-2,6-3)10-7-8-11/h4-10H2,1-3H3/q+1. The topological polar surface area (TPSA) is 0 Å². The van der Waals surface area contributed by atoms with E-state index in [0.717, 1.165) is 5.33 Å². The summed E-state index contributed by atoms with van der Waals surface area (Å²) in [5.41, 5.74) is 0. The first-order valence-corrected chi connectivity index (χ1v) is 6.27. The van der Waals surface area contributed by atoms with Crippen molar-refractivity contribution in [3.8, 4) is 0 Å². The number of hydrogen-bond acceptors (Lipinski definition) is 0. The summed E-state index contributed by atoms with van der Waals surface area (Å²) in [5, 5.41) is 1.15. The molecule has 0 fully saturated rings. The maximum Gasteiger partial charge on any atom is 0.0794 e. The van der Waals surface area contributed by atoms with E-state index in [1.54, 1.807) is 0 Å². The molecule has 0 aliphatic rings. The molecule has 1 nitrogen and oxygen atoms in total. The number of halogens is 1. The highest BCUT2D eigenvalue weighted by Crippen LogP contribution is 2.09.